The summed E-state index contributed by atoms with van der Waals surface area (Å²) < 4.78 is 13.3. The number of rotatable bonds is 1. The summed E-state index contributed by atoms with van der Waals surface area (Å²) in [4.78, 5) is 8.78. The number of aromatic nitrogens is 2. The number of aryl methyl sites for hydroxylation is 1. The van der Waals surface area contributed by atoms with E-state index in [1.54, 1.807) is 18.5 Å². The molecule has 0 saturated carbocycles. The molecule has 0 aliphatic heterocycles. The molecule has 0 radical (unpaired) electrons. The van der Waals surface area contributed by atoms with Crippen molar-refractivity contribution in [2.24, 2.45) is 0 Å². The molecule has 1 aromatic carbocycles. The van der Waals surface area contributed by atoms with Crippen molar-refractivity contribution in [3.63, 3.8) is 0 Å². The van der Waals surface area contributed by atoms with Gasteiger partial charge in [-0.25, -0.2) is 9.37 Å². The molecule has 2 aromatic heterocycles. The van der Waals surface area contributed by atoms with Crippen LogP contribution in [0, 0.1) is 19.7 Å². The number of fused-ring (bicyclic) bond motifs is 1. The average Bonchev–Trinajstić information content (AvgIpc) is 2.43. The Hall–Kier alpha value is -2.00. The van der Waals surface area contributed by atoms with Gasteiger partial charge in [0.15, 0.2) is 0 Å². The first-order chi connectivity index (χ1) is 9.56. The van der Waals surface area contributed by atoms with Gasteiger partial charge in [0.05, 0.1) is 16.2 Å². The van der Waals surface area contributed by atoms with Crippen LogP contribution in [0.1, 0.15) is 11.1 Å². The van der Waals surface area contributed by atoms with Crippen LogP contribution in [-0.4, -0.2) is 9.97 Å². The van der Waals surface area contributed by atoms with Crippen LogP contribution < -0.4 is 0 Å². The highest BCUT2D eigenvalue weighted by Gasteiger charge is 2.12. The highest BCUT2D eigenvalue weighted by atomic mass is 35.5. The topological polar surface area (TPSA) is 25.8 Å². The minimum Gasteiger partial charge on any atom is -0.264 e. The van der Waals surface area contributed by atoms with Gasteiger partial charge in [-0.05, 0) is 49.2 Å². The minimum absolute atomic E-state index is 0.314. The third-order valence-electron chi connectivity index (χ3n) is 3.26. The lowest BCUT2D eigenvalue weighted by molar-refractivity contribution is 0.629. The molecule has 3 aromatic rings. The number of hydrogen-bond acceptors (Lipinski definition) is 2. The number of benzene rings is 1. The van der Waals surface area contributed by atoms with E-state index in [1.165, 1.54) is 12.1 Å². The Kier molecular flexibility index (Phi) is 3.14. The molecule has 0 aliphatic carbocycles. The first kappa shape index (κ1) is 13.0. The van der Waals surface area contributed by atoms with Gasteiger partial charge in [-0.15, -0.1) is 0 Å². The summed E-state index contributed by atoms with van der Waals surface area (Å²) in [7, 11) is 0. The molecule has 0 N–H and O–H groups in total. The molecular weight excluding hydrogens is 275 g/mol. The van der Waals surface area contributed by atoms with Gasteiger partial charge in [-0.1, -0.05) is 11.6 Å². The Morgan fingerprint density at radius 2 is 1.90 bits per heavy atom. The molecule has 0 bridgehead atoms. The lowest BCUT2D eigenvalue weighted by Crippen LogP contribution is -1.94. The number of nitrogens with zero attached hydrogens (tertiary/aromatic N) is 2. The molecule has 0 atom stereocenters. The fourth-order valence-electron chi connectivity index (χ4n) is 2.26. The lowest BCUT2D eigenvalue weighted by Gasteiger charge is -2.10. The second-order valence-corrected chi connectivity index (χ2v) is 5.19. The van der Waals surface area contributed by atoms with Gasteiger partial charge in [0.1, 0.15) is 5.82 Å². The molecule has 20 heavy (non-hydrogen) atoms. The monoisotopic (exact) mass is 286 g/mol. The zero-order valence-electron chi connectivity index (χ0n) is 11.1. The number of hydrogen-bond donors (Lipinski definition) is 0. The van der Waals surface area contributed by atoms with E-state index in [0.29, 0.717) is 15.9 Å². The van der Waals surface area contributed by atoms with Gasteiger partial charge >= 0.3 is 0 Å². The molecule has 4 heteroatoms. The van der Waals surface area contributed by atoms with Gasteiger partial charge in [-0.3, -0.25) is 4.98 Å². The normalized spacial score (nSPS) is 11.0. The van der Waals surface area contributed by atoms with Crippen LogP contribution in [0.5, 0.6) is 0 Å². The van der Waals surface area contributed by atoms with Crippen molar-refractivity contribution in [3.05, 3.63) is 58.6 Å². The Morgan fingerprint density at radius 3 is 2.65 bits per heavy atom. The highest BCUT2D eigenvalue weighted by Crippen LogP contribution is 2.33. The molecule has 0 spiro atoms. The predicted molar refractivity (Wildman–Crippen MR) is 79.4 cm³/mol. The van der Waals surface area contributed by atoms with Crippen molar-refractivity contribution < 1.29 is 4.39 Å². The molecule has 0 unspecified atom stereocenters. The fraction of sp³-hybridized carbons (Fsp3) is 0.125. The quantitative estimate of drug-likeness (QED) is 0.647. The van der Waals surface area contributed by atoms with Crippen molar-refractivity contribution in [2.45, 2.75) is 13.8 Å². The lowest BCUT2D eigenvalue weighted by atomic mass is 10.0. The molecule has 0 aliphatic rings. The van der Waals surface area contributed by atoms with Crippen molar-refractivity contribution in [1.29, 1.82) is 0 Å². The molecular formula is C16H12ClFN2. The van der Waals surface area contributed by atoms with Crippen LogP contribution in [-0.2, 0) is 0 Å². The van der Waals surface area contributed by atoms with E-state index in [0.717, 1.165) is 22.4 Å². The molecule has 3 rings (SSSR count). The molecule has 0 amide bonds. The summed E-state index contributed by atoms with van der Waals surface area (Å²) in [5.41, 5.74) is 4.26. The third-order valence-corrected chi connectivity index (χ3v) is 3.75. The zero-order chi connectivity index (χ0) is 14.3. The number of halogens is 2. The standard InChI is InChI=1S/C16H12ClFN2/c1-9-5-11(8-19-7-9)16-10(2)15(17)13-6-12(18)3-4-14(13)20-16/h3-8H,1-2H3. The fourth-order valence-corrected chi connectivity index (χ4v) is 2.50. The Bertz CT molecular complexity index is 815. The second-order valence-electron chi connectivity index (χ2n) is 4.81. The van der Waals surface area contributed by atoms with Gasteiger partial charge in [0.2, 0.25) is 0 Å². The molecule has 2 heterocycles. The smallest absolute Gasteiger partial charge is 0.124 e. The first-order valence-electron chi connectivity index (χ1n) is 6.23. The Morgan fingerprint density at radius 1 is 1.10 bits per heavy atom. The summed E-state index contributed by atoms with van der Waals surface area (Å²) in [6, 6.07) is 6.45. The van der Waals surface area contributed by atoms with Gasteiger partial charge in [0.25, 0.3) is 0 Å². The van der Waals surface area contributed by atoms with E-state index in [9.17, 15) is 4.39 Å². The van der Waals surface area contributed by atoms with Gasteiger partial charge in [-0.2, -0.15) is 0 Å². The van der Waals surface area contributed by atoms with E-state index >= 15 is 0 Å². The van der Waals surface area contributed by atoms with Crippen molar-refractivity contribution in [2.75, 3.05) is 0 Å². The van der Waals surface area contributed by atoms with E-state index in [-0.39, 0.29) is 5.82 Å². The van der Waals surface area contributed by atoms with E-state index in [4.69, 9.17) is 11.6 Å². The zero-order valence-corrected chi connectivity index (χ0v) is 11.9. The molecule has 0 saturated heterocycles. The Balaban J connectivity index is 2.32. The van der Waals surface area contributed by atoms with Gasteiger partial charge in [0, 0.05) is 23.3 Å². The first-order valence-corrected chi connectivity index (χ1v) is 6.61. The van der Waals surface area contributed by atoms with Crippen molar-refractivity contribution >= 4 is 22.5 Å². The molecule has 2 nitrogen and oxygen atoms in total. The van der Waals surface area contributed by atoms with Crippen LogP contribution in [0.3, 0.4) is 0 Å². The summed E-state index contributed by atoms with van der Waals surface area (Å²) in [5, 5.41) is 1.17. The van der Waals surface area contributed by atoms with Crippen LogP contribution in [0.2, 0.25) is 5.02 Å². The SMILES string of the molecule is Cc1cncc(-c2nc3ccc(F)cc3c(Cl)c2C)c1. The van der Waals surface area contributed by atoms with Crippen LogP contribution in [0.4, 0.5) is 4.39 Å². The minimum atomic E-state index is -0.314. The van der Waals surface area contributed by atoms with Gasteiger partial charge < -0.3 is 0 Å². The molecule has 100 valence electrons. The van der Waals surface area contributed by atoms with Crippen LogP contribution >= 0.6 is 11.6 Å². The summed E-state index contributed by atoms with van der Waals surface area (Å²) in [6.45, 7) is 3.86. The van der Waals surface area contributed by atoms with Crippen molar-refractivity contribution in [1.82, 2.24) is 9.97 Å². The average molecular weight is 287 g/mol. The second kappa shape index (κ2) is 4.84. The van der Waals surface area contributed by atoms with E-state index < -0.39 is 0 Å². The Labute approximate surface area is 121 Å². The van der Waals surface area contributed by atoms with Crippen LogP contribution in [0.15, 0.2) is 36.7 Å². The van der Waals surface area contributed by atoms with Crippen molar-refractivity contribution in [3.8, 4) is 11.3 Å². The maximum Gasteiger partial charge on any atom is 0.124 e. The van der Waals surface area contributed by atoms with E-state index in [2.05, 4.69) is 9.97 Å². The van der Waals surface area contributed by atoms with Crippen LogP contribution in [0.25, 0.3) is 22.2 Å². The summed E-state index contributed by atoms with van der Waals surface area (Å²) >= 11 is 6.37. The predicted octanol–water partition coefficient (Wildman–Crippen LogP) is 4.71. The number of pyridine rings is 2. The van der Waals surface area contributed by atoms with E-state index in [1.807, 2.05) is 19.9 Å². The molecule has 0 fully saturated rings. The summed E-state index contributed by atoms with van der Waals surface area (Å²) in [5.74, 6) is -0.314. The largest absolute Gasteiger partial charge is 0.264 e. The highest BCUT2D eigenvalue weighted by molar-refractivity contribution is 6.36. The third kappa shape index (κ3) is 2.14. The summed E-state index contributed by atoms with van der Waals surface area (Å²) in [6.07, 6.45) is 3.55. The maximum atomic E-state index is 13.3. The maximum absolute atomic E-state index is 13.3.